The Morgan fingerprint density at radius 3 is 2.61 bits per heavy atom. The fourth-order valence-electron chi connectivity index (χ4n) is 4.10. The number of urea groups is 1. The van der Waals surface area contributed by atoms with E-state index in [0.717, 1.165) is 23.3 Å². The van der Waals surface area contributed by atoms with Crippen molar-refractivity contribution in [1.29, 1.82) is 0 Å². The first-order chi connectivity index (χ1) is 13.3. The van der Waals surface area contributed by atoms with Gasteiger partial charge in [0.2, 0.25) is 5.91 Å². The molecule has 1 aromatic rings. The van der Waals surface area contributed by atoms with Crippen LogP contribution in [-0.2, 0) is 9.59 Å². The summed E-state index contributed by atoms with van der Waals surface area (Å²) in [6.45, 7) is 3.80. The molecule has 1 saturated carbocycles. The molecule has 1 atom stereocenters. The summed E-state index contributed by atoms with van der Waals surface area (Å²) in [6, 6.07) is 6.78. The zero-order chi connectivity index (χ0) is 20.5. The van der Waals surface area contributed by atoms with Gasteiger partial charge in [-0.15, -0.1) is 0 Å². The molecule has 1 unspecified atom stereocenters. The molecule has 7 heteroatoms. The fourth-order valence-corrected chi connectivity index (χ4v) is 4.10. The number of hydrogen-bond donors (Lipinski definition) is 1. The van der Waals surface area contributed by atoms with Crippen LogP contribution in [0.25, 0.3) is 0 Å². The Morgan fingerprint density at radius 2 is 1.96 bits per heavy atom. The summed E-state index contributed by atoms with van der Waals surface area (Å²) >= 11 is 0. The van der Waals surface area contributed by atoms with Gasteiger partial charge >= 0.3 is 6.03 Å². The predicted octanol–water partition coefficient (Wildman–Crippen LogP) is 2.72. The Kier molecular flexibility index (Phi) is 5.63. The number of carbonyl (C=O) groups excluding carboxylic acids is 3. The normalized spacial score (nSPS) is 25.6. The van der Waals surface area contributed by atoms with E-state index in [1.54, 1.807) is 19.1 Å². The summed E-state index contributed by atoms with van der Waals surface area (Å²) in [4.78, 5) is 40.9. The molecule has 1 spiro atoms. The molecule has 4 amide bonds. The van der Waals surface area contributed by atoms with Crippen LogP contribution in [0.4, 0.5) is 4.79 Å². The second-order valence-corrected chi connectivity index (χ2v) is 8.01. The maximum Gasteiger partial charge on any atom is 0.325 e. The molecule has 28 heavy (non-hydrogen) atoms. The van der Waals surface area contributed by atoms with Gasteiger partial charge in [-0.05, 0) is 44.6 Å². The predicted molar refractivity (Wildman–Crippen MR) is 105 cm³/mol. The van der Waals surface area contributed by atoms with E-state index in [-0.39, 0.29) is 24.4 Å². The molecule has 3 rings (SSSR count). The Balaban J connectivity index is 1.70. The molecule has 1 aliphatic carbocycles. The van der Waals surface area contributed by atoms with Crippen molar-refractivity contribution in [1.82, 2.24) is 15.1 Å². The molecule has 1 heterocycles. The van der Waals surface area contributed by atoms with E-state index in [1.807, 2.05) is 31.2 Å². The number of likely N-dealkylation sites (N-methyl/N-ethyl adjacent to an activating group) is 1. The van der Waals surface area contributed by atoms with E-state index in [2.05, 4.69) is 12.2 Å². The maximum absolute atomic E-state index is 12.9. The van der Waals surface area contributed by atoms with Crippen molar-refractivity contribution in [2.45, 2.75) is 51.1 Å². The Bertz CT molecular complexity index is 771. The molecule has 0 radical (unpaired) electrons. The summed E-state index contributed by atoms with van der Waals surface area (Å²) in [7, 11) is 3.26. The maximum atomic E-state index is 12.9. The van der Waals surface area contributed by atoms with Crippen molar-refractivity contribution in [2.75, 3.05) is 20.7 Å². The van der Waals surface area contributed by atoms with Crippen LogP contribution in [0.5, 0.6) is 5.75 Å². The van der Waals surface area contributed by atoms with Gasteiger partial charge in [0.15, 0.2) is 0 Å². The minimum absolute atomic E-state index is 0.252. The first-order valence-electron chi connectivity index (χ1n) is 9.82. The monoisotopic (exact) mass is 387 g/mol. The van der Waals surface area contributed by atoms with Gasteiger partial charge in [0.05, 0.1) is 13.2 Å². The highest BCUT2D eigenvalue weighted by Crippen LogP contribution is 2.36. The van der Waals surface area contributed by atoms with Crippen molar-refractivity contribution in [3.63, 3.8) is 0 Å². The lowest BCUT2D eigenvalue weighted by Crippen LogP contribution is -2.50. The molecule has 7 nitrogen and oxygen atoms in total. The number of hydrogen-bond acceptors (Lipinski definition) is 4. The van der Waals surface area contributed by atoms with Crippen molar-refractivity contribution >= 4 is 17.8 Å². The average Bonchev–Trinajstić information content (AvgIpc) is 2.93. The molecule has 1 aliphatic heterocycles. The van der Waals surface area contributed by atoms with Crippen LogP contribution in [0.1, 0.15) is 51.1 Å². The number of para-hydroxylation sites is 1. The van der Waals surface area contributed by atoms with E-state index in [1.165, 1.54) is 0 Å². The number of ether oxygens (including phenoxy) is 1. The highest BCUT2D eigenvalue weighted by molar-refractivity contribution is 6.09. The molecule has 1 N–H and O–H groups in total. The van der Waals surface area contributed by atoms with Crippen molar-refractivity contribution in [2.24, 2.45) is 5.92 Å². The van der Waals surface area contributed by atoms with Crippen LogP contribution in [0.2, 0.25) is 0 Å². The summed E-state index contributed by atoms with van der Waals surface area (Å²) in [5.74, 6) is 0.693. The molecule has 2 aliphatic rings. The molecular formula is C21H29N3O4. The second-order valence-electron chi connectivity index (χ2n) is 8.01. The quantitative estimate of drug-likeness (QED) is 0.788. The highest BCUT2D eigenvalue weighted by Gasteiger charge is 2.52. The van der Waals surface area contributed by atoms with Gasteiger partial charge in [-0.25, -0.2) is 4.79 Å². The number of nitrogens with one attached hydrogen (secondary N) is 1. The van der Waals surface area contributed by atoms with Gasteiger partial charge in [0.1, 0.15) is 17.8 Å². The number of amides is 4. The smallest absolute Gasteiger partial charge is 0.325 e. The molecule has 152 valence electrons. The number of nitrogens with zero attached hydrogens (tertiary/aromatic N) is 2. The van der Waals surface area contributed by atoms with Gasteiger partial charge in [0, 0.05) is 12.6 Å². The van der Waals surface area contributed by atoms with E-state index in [0.29, 0.717) is 24.5 Å². The van der Waals surface area contributed by atoms with Crippen LogP contribution in [0, 0.1) is 5.92 Å². The van der Waals surface area contributed by atoms with Crippen LogP contribution in [-0.4, -0.2) is 53.9 Å². The second kappa shape index (κ2) is 7.81. The Hall–Kier alpha value is -2.57. The largest absolute Gasteiger partial charge is 0.496 e. The molecule has 1 aromatic carbocycles. The Labute approximate surface area is 166 Å². The molecule has 0 bridgehead atoms. The van der Waals surface area contributed by atoms with E-state index in [4.69, 9.17) is 4.74 Å². The fraction of sp³-hybridized carbons (Fsp3) is 0.571. The lowest BCUT2D eigenvalue weighted by molar-refractivity contribution is -0.140. The molecule has 2 fully saturated rings. The molecule has 0 aromatic heterocycles. The van der Waals surface area contributed by atoms with Gasteiger partial charge < -0.3 is 15.0 Å². The van der Waals surface area contributed by atoms with Crippen LogP contribution < -0.4 is 10.1 Å². The van der Waals surface area contributed by atoms with Gasteiger partial charge in [0.25, 0.3) is 5.91 Å². The van der Waals surface area contributed by atoms with Crippen LogP contribution in [0.3, 0.4) is 0 Å². The minimum atomic E-state index is -0.823. The first kappa shape index (κ1) is 20.2. The lowest BCUT2D eigenvalue weighted by Gasteiger charge is -2.33. The van der Waals surface area contributed by atoms with E-state index in [9.17, 15) is 14.4 Å². The Morgan fingerprint density at radius 1 is 1.32 bits per heavy atom. The third-order valence-corrected chi connectivity index (χ3v) is 6.23. The number of imide groups is 1. The van der Waals surface area contributed by atoms with Crippen molar-refractivity contribution in [3.8, 4) is 5.75 Å². The van der Waals surface area contributed by atoms with Gasteiger partial charge in [-0.3, -0.25) is 14.5 Å². The molecular weight excluding hydrogens is 358 g/mol. The zero-order valence-corrected chi connectivity index (χ0v) is 17.0. The average molecular weight is 387 g/mol. The zero-order valence-electron chi connectivity index (χ0n) is 17.0. The summed E-state index contributed by atoms with van der Waals surface area (Å²) in [6.07, 6.45) is 3.07. The third kappa shape index (κ3) is 3.57. The van der Waals surface area contributed by atoms with Crippen molar-refractivity contribution < 1.29 is 19.1 Å². The number of methoxy groups -OCH3 is 1. The standard InChI is InChI=1S/C21H29N3O4/c1-14-9-11-21(12-10-14)19(26)24(20(27)22-21)13-18(25)23(3)15(2)16-7-5-6-8-17(16)28-4/h5-8,14-15H,9-13H2,1-4H3,(H,22,27). The first-order valence-corrected chi connectivity index (χ1v) is 9.82. The summed E-state index contributed by atoms with van der Waals surface area (Å²) in [5.41, 5.74) is 0.0484. The number of benzene rings is 1. The highest BCUT2D eigenvalue weighted by atomic mass is 16.5. The topological polar surface area (TPSA) is 79.0 Å². The van der Waals surface area contributed by atoms with E-state index >= 15 is 0 Å². The number of carbonyl (C=O) groups is 3. The molecule has 1 saturated heterocycles. The van der Waals surface area contributed by atoms with Crippen molar-refractivity contribution in [3.05, 3.63) is 29.8 Å². The van der Waals surface area contributed by atoms with E-state index < -0.39 is 11.6 Å². The van der Waals surface area contributed by atoms with Crippen LogP contribution >= 0.6 is 0 Å². The summed E-state index contributed by atoms with van der Waals surface area (Å²) in [5, 5.41) is 2.86. The lowest BCUT2D eigenvalue weighted by atomic mass is 9.77. The van der Waals surface area contributed by atoms with Gasteiger partial charge in [-0.1, -0.05) is 25.1 Å². The third-order valence-electron chi connectivity index (χ3n) is 6.23. The van der Waals surface area contributed by atoms with Crippen LogP contribution in [0.15, 0.2) is 24.3 Å². The van der Waals surface area contributed by atoms with Gasteiger partial charge in [-0.2, -0.15) is 0 Å². The SMILES string of the molecule is COc1ccccc1C(C)N(C)C(=O)CN1C(=O)NC2(CCC(C)CC2)C1=O. The number of rotatable bonds is 5. The summed E-state index contributed by atoms with van der Waals surface area (Å²) < 4.78 is 5.38. The minimum Gasteiger partial charge on any atom is -0.496 e.